The molecule has 0 unspecified atom stereocenters. The van der Waals surface area contributed by atoms with Crippen molar-refractivity contribution in [3.63, 3.8) is 0 Å². The largest absolute Gasteiger partial charge is 0.241 e. The Kier molecular flexibility index (Phi) is 4.15. The lowest BCUT2D eigenvalue weighted by molar-refractivity contribution is 0.563. The molecule has 1 atom stereocenters. The standard InChI is InChI=1S/C14H13F2NO2S/c1-10(11-5-7-12(15)8-6-11)17-20(18,19)14-4-2-3-13(16)9-14/h2-10,17H,1H3/t10-/m1/s1. The third-order valence-electron chi connectivity index (χ3n) is 2.81. The fourth-order valence-electron chi connectivity index (χ4n) is 1.75. The quantitative estimate of drug-likeness (QED) is 0.943. The van der Waals surface area contributed by atoms with Crippen LogP contribution in [0.3, 0.4) is 0 Å². The normalized spacial score (nSPS) is 13.2. The molecule has 0 radical (unpaired) electrons. The van der Waals surface area contributed by atoms with Crippen LogP contribution in [0.2, 0.25) is 0 Å². The summed E-state index contributed by atoms with van der Waals surface area (Å²) >= 11 is 0. The summed E-state index contributed by atoms with van der Waals surface area (Å²) in [5, 5.41) is 0. The summed E-state index contributed by atoms with van der Waals surface area (Å²) in [5.41, 5.74) is 0.617. The number of hydrogen-bond donors (Lipinski definition) is 1. The van der Waals surface area contributed by atoms with Gasteiger partial charge in [-0.2, -0.15) is 0 Å². The van der Waals surface area contributed by atoms with Gasteiger partial charge in [0.25, 0.3) is 0 Å². The van der Waals surface area contributed by atoms with Gasteiger partial charge in [0.1, 0.15) is 11.6 Å². The molecule has 0 amide bonds. The molecule has 0 spiro atoms. The summed E-state index contributed by atoms with van der Waals surface area (Å²) in [4.78, 5) is -0.147. The third-order valence-corrected chi connectivity index (χ3v) is 4.35. The molecule has 20 heavy (non-hydrogen) atoms. The summed E-state index contributed by atoms with van der Waals surface area (Å²) in [6, 6.07) is 9.69. The van der Waals surface area contributed by atoms with E-state index in [1.807, 2.05) is 0 Å². The molecule has 0 saturated heterocycles. The smallest absolute Gasteiger partial charge is 0.207 e. The van der Waals surface area contributed by atoms with E-state index in [1.165, 1.54) is 42.5 Å². The first-order chi connectivity index (χ1) is 9.38. The van der Waals surface area contributed by atoms with E-state index >= 15 is 0 Å². The van der Waals surface area contributed by atoms with Crippen LogP contribution in [0.25, 0.3) is 0 Å². The average Bonchev–Trinajstić information content (AvgIpc) is 2.39. The maximum Gasteiger partial charge on any atom is 0.241 e. The van der Waals surface area contributed by atoms with Gasteiger partial charge in [0.15, 0.2) is 0 Å². The molecule has 2 rings (SSSR count). The van der Waals surface area contributed by atoms with Crippen molar-refractivity contribution in [2.75, 3.05) is 0 Å². The van der Waals surface area contributed by atoms with Crippen molar-refractivity contribution in [1.82, 2.24) is 4.72 Å². The van der Waals surface area contributed by atoms with Gasteiger partial charge in [-0.25, -0.2) is 21.9 Å². The summed E-state index contributed by atoms with van der Waals surface area (Å²) in [6.07, 6.45) is 0. The number of benzene rings is 2. The Morgan fingerprint density at radius 1 is 1.00 bits per heavy atom. The second-order valence-corrected chi connectivity index (χ2v) is 6.07. The monoisotopic (exact) mass is 297 g/mol. The highest BCUT2D eigenvalue weighted by atomic mass is 32.2. The number of hydrogen-bond acceptors (Lipinski definition) is 2. The minimum Gasteiger partial charge on any atom is -0.207 e. The van der Waals surface area contributed by atoms with E-state index < -0.39 is 27.7 Å². The van der Waals surface area contributed by atoms with E-state index in [0.29, 0.717) is 5.56 Å². The molecule has 2 aromatic rings. The summed E-state index contributed by atoms with van der Waals surface area (Å²) in [7, 11) is -3.82. The summed E-state index contributed by atoms with van der Waals surface area (Å²) in [5.74, 6) is -1.02. The second-order valence-electron chi connectivity index (χ2n) is 4.35. The van der Waals surface area contributed by atoms with E-state index in [-0.39, 0.29) is 4.90 Å². The molecule has 0 aromatic heterocycles. The Balaban J connectivity index is 2.22. The number of nitrogens with one attached hydrogen (secondary N) is 1. The van der Waals surface area contributed by atoms with E-state index in [1.54, 1.807) is 6.92 Å². The lowest BCUT2D eigenvalue weighted by Crippen LogP contribution is -2.27. The second kappa shape index (κ2) is 5.68. The van der Waals surface area contributed by atoms with Gasteiger partial charge in [-0.1, -0.05) is 18.2 Å². The van der Waals surface area contributed by atoms with Gasteiger partial charge in [0.2, 0.25) is 10.0 Å². The third kappa shape index (κ3) is 3.40. The highest BCUT2D eigenvalue weighted by molar-refractivity contribution is 7.89. The highest BCUT2D eigenvalue weighted by Gasteiger charge is 2.18. The molecule has 3 nitrogen and oxygen atoms in total. The van der Waals surface area contributed by atoms with Crippen molar-refractivity contribution in [3.8, 4) is 0 Å². The molecule has 0 aliphatic heterocycles. The van der Waals surface area contributed by atoms with Crippen molar-refractivity contribution in [2.45, 2.75) is 17.9 Å². The first-order valence-electron chi connectivity index (χ1n) is 5.92. The average molecular weight is 297 g/mol. The van der Waals surface area contributed by atoms with Crippen LogP contribution in [-0.4, -0.2) is 8.42 Å². The molecule has 106 valence electrons. The van der Waals surface area contributed by atoms with Crippen LogP contribution in [0.4, 0.5) is 8.78 Å². The maximum absolute atomic E-state index is 13.1. The molecular formula is C14H13F2NO2S. The maximum atomic E-state index is 13.1. The lowest BCUT2D eigenvalue weighted by atomic mass is 10.1. The molecule has 1 N–H and O–H groups in total. The molecule has 0 saturated carbocycles. The van der Waals surface area contributed by atoms with Crippen molar-refractivity contribution >= 4 is 10.0 Å². The molecule has 2 aromatic carbocycles. The Labute approximate surface area is 116 Å². The highest BCUT2D eigenvalue weighted by Crippen LogP contribution is 2.17. The van der Waals surface area contributed by atoms with Crippen LogP contribution < -0.4 is 4.72 Å². The molecule has 6 heteroatoms. The minimum absolute atomic E-state index is 0.147. The van der Waals surface area contributed by atoms with Gasteiger partial charge < -0.3 is 0 Å². The Bertz CT molecular complexity index is 699. The predicted octanol–water partition coefficient (Wildman–Crippen LogP) is 3.00. The van der Waals surface area contributed by atoms with Gasteiger partial charge in [-0.3, -0.25) is 0 Å². The van der Waals surface area contributed by atoms with Crippen LogP contribution >= 0.6 is 0 Å². The Hall–Kier alpha value is -1.79. The van der Waals surface area contributed by atoms with E-state index in [4.69, 9.17) is 0 Å². The summed E-state index contributed by atoms with van der Waals surface area (Å²) in [6.45, 7) is 1.63. The molecular weight excluding hydrogens is 284 g/mol. The predicted molar refractivity (Wildman–Crippen MR) is 71.5 cm³/mol. The first kappa shape index (κ1) is 14.6. The molecule has 0 fully saturated rings. The van der Waals surface area contributed by atoms with Crippen molar-refractivity contribution in [1.29, 1.82) is 0 Å². The molecule has 0 heterocycles. The number of halogens is 2. The van der Waals surface area contributed by atoms with Gasteiger partial charge in [0.05, 0.1) is 4.90 Å². The van der Waals surface area contributed by atoms with Crippen molar-refractivity contribution in [3.05, 3.63) is 65.7 Å². The fourth-order valence-corrected chi connectivity index (χ4v) is 3.02. The zero-order chi connectivity index (χ0) is 14.8. The first-order valence-corrected chi connectivity index (χ1v) is 7.40. The van der Waals surface area contributed by atoms with E-state index in [0.717, 1.165) is 6.07 Å². The summed E-state index contributed by atoms with van der Waals surface area (Å²) < 4.78 is 52.5. The Morgan fingerprint density at radius 3 is 2.25 bits per heavy atom. The number of rotatable bonds is 4. The van der Waals surface area contributed by atoms with Crippen LogP contribution in [0, 0.1) is 11.6 Å². The zero-order valence-electron chi connectivity index (χ0n) is 10.7. The van der Waals surface area contributed by atoms with Crippen LogP contribution in [0.1, 0.15) is 18.5 Å². The van der Waals surface area contributed by atoms with E-state index in [9.17, 15) is 17.2 Å². The van der Waals surface area contributed by atoms with Gasteiger partial charge in [-0.05, 0) is 42.8 Å². The van der Waals surface area contributed by atoms with E-state index in [2.05, 4.69) is 4.72 Å². The zero-order valence-corrected chi connectivity index (χ0v) is 11.5. The van der Waals surface area contributed by atoms with Gasteiger partial charge in [-0.15, -0.1) is 0 Å². The molecule has 0 aliphatic rings. The number of sulfonamides is 1. The van der Waals surface area contributed by atoms with Gasteiger partial charge >= 0.3 is 0 Å². The SMILES string of the molecule is C[C@@H](NS(=O)(=O)c1cccc(F)c1)c1ccc(F)cc1. The minimum atomic E-state index is -3.82. The van der Waals surface area contributed by atoms with Crippen LogP contribution in [-0.2, 0) is 10.0 Å². The topological polar surface area (TPSA) is 46.2 Å². The lowest BCUT2D eigenvalue weighted by Gasteiger charge is -2.14. The van der Waals surface area contributed by atoms with Crippen molar-refractivity contribution in [2.24, 2.45) is 0 Å². The van der Waals surface area contributed by atoms with Crippen molar-refractivity contribution < 1.29 is 17.2 Å². The van der Waals surface area contributed by atoms with Crippen LogP contribution in [0.5, 0.6) is 0 Å². The Morgan fingerprint density at radius 2 is 1.65 bits per heavy atom. The molecule has 0 bridgehead atoms. The van der Waals surface area contributed by atoms with Crippen LogP contribution in [0.15, 0.2) is 53.4 Å². The molecule has 0 aliphatic carbocycles. The van der Waals surface area contributed by atoms with Gasteiger partial charge in [0, 0.05) is 6.04 Å². The fraction of sp³-hybridized carbons (Fsp3) is 0.143.